The fourth-order valence-electron chi connectivity index (χ4n) is 1.79. The van der Waals surface area contributed by atoms with Crippen LogP contribution in [-0.4, -0.2) is 9.97 Å². The minimum atomic E-state index is -2.82. The van der Waals surface area contributed by atoms with Crippen LogP contribution in [0.3, 0.4) is 0 Å². The quantitative estimate of drug-likeness (QED) is 0.884. The molecule has 3 nitrogen and oxygen atoms in total. The molecule has 5 heteroatoms. The van der Waals surface area contributed by atoms with Gasteiger partial charge in [0.15, 0.2) is 0 Å². The third-order valence-corrected chi connectivity index (χ3v) is 3.01. The van der Waals surface area contributed by atoms with Gasteiger partial charge >= 0.3 is 0 Å². The van der Waals surface area contributed by atoms with E-state index >= 15 is 0 Å². The molecule has 2 N–H and O–H groups in total. The molecule has 1 aromatic heterocycles. The SMILES string of the molecule is Cc1nc(CNc2cccc(C(C)(F)F)c2)[nH]c1C. The van der Waals surface area contributed by atoms with Crippen molar-refractivity contribution in [3.8, 4) is 0 Å². The highest BCUT2D eigenvalue weighted by Gasteiger charge is 2.24. The van der Waals surface area contributed by atoms with Gasteiger partial charge < -0.3 is 10.3 Å². The first kappa shape index (κ1) is 13.5. The Labute approximate surface area is 111 Å². The van der Waals surface area contributed by atoms with E-state index in [2.05, 4.69) is 15.3 Å². The average Bonchev–Trinajstić information content (AvgIpc) is 2.66. The van der Waals surface area contributed by atoms with Gasteiger partial charge in [0, 0.05) is 23.9 Å². The number of nitrogens with zero attached hydrogens (tertiary/aromatic N) is 1. The molecule has 0 radical (unpaired) electrons. The normalized spacial score (nSPS) is 11.6. The predicted molar refractivity (Wildman–Crippen MR) is 71.4 cm³/mol. The second kappa shape index (κ2) is 4.99. The Balaban J connectivity index is 2.07. The number of hydrogen-bond donors (Lipinski definition) is 2. The van der Waals surface area contributed by atoms with Crippen LogP contribution in [0.15, 0.2) is 24.3 Å². The van der Waals surface area contributed by atoms with Gasteiger partial charge in [0.25, 0.3) is 5.92 Å². The van der Waals surface area contributed by atoms with Crippen LogP contribution in [0.1, 0.15) is 29.7 Å². The molecule has 102 valence electrons. The molecule has 1 heterocycles. The Morgan fingerprint density at radius 3 is 2.63 bits per heavy atom. The number of aryl methyl sites for hydroxylation is 2. The summed E-state index contributed by atoms with van der Waals surface area (Å²) in [4.78, 5) is 7.47. The second-order valence-corrected chi connectivity index (χ2v) is 4.72. The molecule has 0 bridgehead atoms. The molecule has 1 aromatic carbocycles. The first-order chi connectivity index (χ1) is 8.86. The first-order valence-electron chi connectivity index (χ1n) is 6.10. The number of H-pyrrole nitrogens is 1. The lowest BCUT2D eigenvalue weighted by molar-refractivity contribution is 0.0175. The van der Waals surface area contributed by atoms with Crippen molar-refractivity contribution in [1.29, 1.82) is 0 Å². The summed E-state index contributed by atoms with van der Waals surface area (Å²) in [5, 5.41) is 3.09. The number of nitrogens with one attached hydrogen (secondary N) is 2. The fourth-order valence-corrected chi connectivity index (χ4v) is 1.79. The van der Waals surface area contributed by atoms with E-state index in [-0.39, 0.29) is 5.56 Å². The van der Waals surface area contributed by atoms with Gasteiger partial charge in [-0.25, -0.2) is 13.8 Å². The number of anilines is 1. The number of rotatable bonds is 4. The van der Waals surface area contributed by atoms with E-state index in [1.54, 1.807) is 12.1 Å². The lowest BCUT2D eigenvalue weighted by atomic mass is 10.1. The van der Waals surface area contributed by atoms with Gasteiger partial charge in [-0.1, -0.05) is 12.1 Å². The van der Waals surface area contributed by atoms with Gasteiger partial charge in [0.2, 0.25) is 0 Å². The van der Waals surface area contributed by atoms with Gasteiger partial charge in [-0.15, -0.1) is 0 Å². The second-order valence-electron chi connectivity index (χ2n) is 4.72. The molecule has 0 saturated heterocycles. The van der Waals surface area contributed by atoms with Crippen molar-refractivity contribution in [2.45, 2.75) is 33.2 Å². The number of imidazole rings is 1. The van der Waals surface area contributed by atoms with Crippen LogP contribution >= 0.6 is 0 Å². The summed E-state index contributed by atoms with van der Waals surface area (Å²) in [6.45, 7) is 5.25. The summed E-state index contributed by atoms with van der Waals surface area (Å²) in [6, 6.07) is 6.26. The Morgan fingerprint density at radius 1 is 1.32 bits per heavy atom. The van der Waals surface area contributed by atoms with Gasteiger partial charge in [-0.2, -0.15) is 0 Å². The van der Waals surface area contributed by atoms with Crippen molar-refractivity contribution in [2.24, 2.45) is 0 Å². The highest BCUT2D eigenvalue weighted by Crippen LogP contribution is 2.28. The number of benzene rings is 1. The molecule has 0 aliphatic heterocycles. The molecule has 2 aromatic rings. The Morgan fingerprint density at radius 2 is 2.05 bits per heavy atom. The van der Waals surface area contributed by atoms with Crippen LogP contribution in [0.5, 0.6) is 0 Å². The summed E-state index contributed by atoms with van der Waals surface area (Å²) in [5.74, 6) is -2.03. The lowest BCUT2D eigenvalue weighted by Crippen LogP contribution is -2.08. The smallest absolute Gasteiger partial charge is 0.270 e. The molecule has 0 fully saturated rings. The number of halogens is 2. The van der Waals surface area contributed by atoms with E-state index < -0.39 is 5.92 Å². The molecule has 0 amide bonds. The van der Waals surface area contributed by atoms with Gasteiger partial charge in [-0.3, -0.25) is 0 Å². The number of alkyl halides is 2. The number of aromatic nitrogens is 2. The highest BCUT2D eigenvalue weighted by atomic mass is 19.3. The molecule has 0 spiro atoms. The maximum absolute atomic E-state index is 13.2. The van der Waals surface area contributed by atoms with E-state index in [1.807, 2.05) is 13.8 Å². The fraction of sp³-hybridized carbons (Fsp3) is 0.357. The van der Waals surface area contributed by atoms with Crippen LogP contribution < -0.4 is 5.32 Å². The van der Waals surface area contributed by atoms with Crippen LogP contribution in [-0.2, 0) is 12.5 Å². The third kappa shape index (κ3) is 3.30. The van der Waals surface area contributed by atoms with Crippen molar-refractivity contribution in [1.82, 2.24) is 9.97 Å². The minimum absolute atomic E-state index is 0.00399. The van der Waals surface area contributed by atoms with Crippen LogP contribution in [0.25, 0.3) is 0 Å². The van der Waals surface area contributed by atoms with E-state index in [4.69, 9.17) is 0 Å². The first-order valence-corrected chi connectivity index (χ1v) is 6.10. The van der Waals surface area contributed by atoms with Crippen LogP contribution in [0, 0.1) is 13.8 Å². The largest absolute Gasteiger partial charge is 0.378 e. The van der Waals surface area contributed by atoms with Crippen molar-refractivity contribution in [2.75, 3.05) is 5.32 Å². The zero-order chi connectivity index (χ0) is 14.0. The summed E-state index contributed by atoms with van der Waals surface area (Å²) >= 11 is 0. The number of hydrogen-bond acceptors (Lipinski definition) is 2. The Bertz CT molecular complexity index is 551. The van der Waals surface area contributed by atoms with Crippen molar-refractivity contribution >= 4 is 5.69 Å². The maximum Gasteiger partial charge on any atom is 0.270 e. The molecular formula is C14H17F2N3. The molecule has 0 atom stereocenters. The molecular weight excluding hydrogens is 248 g/mol. The average molecular weight is 265 g/mol. The van der Waals surface area contributed by atoms with Crippen molar-refractivity contribution in [3.63, 3.8) is 0 Å². The molecule has 0 aliphatic carbocycles. The van der Waals surface area contributed by atoms with E-state index in [0.717, 1.165) is 24.1 Å². The van der Waals surface area contributed by atoms with E-state index in [1.165, 1.54) is 12.1 Å². The minimum Gasteiger partial charge on any atom is -0.378 e. The van der Waals surface area contributed by atoms with Crippen molar-refractivity contribution < 1.29 is 8.78 Å². The van der Waals surface area contributed by atoms with Crippen molar-refractivity contribution in [3.05, 3.63) is 47.0 Å². The molecule has 0 unspecified atom stereocenters. The number of aromatic amines is 1. The lowest BCUT2D eigenvalue weighted by Gasteiger charge is -2.12. The van der Waals surface area contributed by atoms with E-state index in [0.29, 0.717) is 12.2 Å². The van der Waals surface area contributed by atoms with E-state index in [9.17, 15) is 8.78 Å². The zero-order valence-electron chi connectivity index (χ0n) is 11.2. The highest BCUT2D eigenvalue weighted by molar-refractivity contribution is 5.46. The molecule has 2 rings (SSSR count). The molecule has 0 aliphatic rings. The standard InChI is InChI=1S/C14H17F2N3/c1-9-10(2)19-13(18-9)8-17-12-6-4-5-11(7-12)14(3,15)16/h4-7,17H,8H2,1-3H3,(H,18,19). The monoisotopic (exact) mass is 265 g/mol. The van der Waals surface area contributed by atoms with Gasteiger partial charge in [0.1, 0.15) is 5.82 Å². The summed E-state index contributed by atoms with van der Waals surface area (Å²) in [6.07, 6.45) is 0. The Hall–Kier alpha value is -1.91. The zero-order valence-corrected chi connectivity index (χ0v) is 11.2. The summed E-state index contributed by atoms with van der Waals surface area (Å²) in [5.41, 5.74) is 2.63. The van der Waals surface area contributed by atoms with Crippen LogP contribution in [0.4, 0.5) is 14.5 Å². The Kier molecular flexibility index (Phi) is 3.55. The predicted octanol–water partition coefficient (Wildman–Crippen LogP) is 3.75. The van der Waals surface area contributed by atoms with Crippen LogP contribution in [0.2, 0.25) is 0 Å². The topological polar surface area (TPSA) is 40.7 Å². The van der Waals surface area contributed by atoms with Gasteiger partial charge in [0.05, 0.1) is 12.2 Å². The van der Waals surface area contributed by atoms with Gasteiger partial charge in [-0.05, 0) is 26.0 Å². The molecule has 0 saturated carbocycles. The summed E-state index contributed by atoms with van der Waals surface area (Å²) in [7, 11) is 0. The maximum atomic E-state index is 13.2. The summed E-state index contributed by atoms with van der Waals surface area (Å²) < 4.78 is 26.4. The molecule has 19 heavy (non-hydrogen) atoms. The third-order valence-electron chi connectivity index (χ3n) is 3.01.